The molecule has 118 valence electrons. The van der Waals surface area contributed by atoms with Crippen molar-refractivity contribution in [2.75, 3.05) is 5.73 Å². The van der Waals surface area contributed by atoms with Crippen LogP contribution in [0.5, 0.6) is 0 Å². The van der Waals surface area contributed by atoms with Gasteiger partial charge in [0.25, 0.3) is 0 Å². The van der Waals surface area contributed by atoms with E-state index in [0.717, 1.165) is 17.8 Å². The number of fused-ring (bicyclic) bond motifs is 1. The van der Waals surface area contributed by atoms with E-state index in [2.05, 4.69) is 19.9 Å². The fourth-order valence-electron chi connectivity index (χ4n) is 2.17. The molecule has 3 rings (SSSR count). The summed E-state index contributed by atoms with van der Waals surface area (Å²) in [6.45, 7) is 1.76. The molecule has 1 atom stereocenters. The van der Waals surface area contributed by atoms with Crippen molar-refractivity contribution in [3.8, 4) is 0 Å². The smallest absolute Gasteiger partial charge is 0.383 e. The van der Waals surface area contributed by atoms with Crippen molar-refractivity contribution in [1.82, 2.24) is 19.9 Å². The Balaban J connectivity index is 1.98. The van der Waals surface area contributed by atoms with Gasteiger partial charge in [-0.2, -0.15) is 13.2 Å². The second kappa shape index (κ2) is 5.45. The Kier molecular flexibility index (Phi) is 3.59. The third-order valence-corrected chi connectivity index (χ3v) is 3.46. The zero-order valence-electron chi connectivity index (χ0n) is 12.0. The number of anilines is 1. The molecule has 0 spiro atoms. The molecule has 0 saturated carbocycles. The monoisotopic (exact) mass is 319 g/mol. The number of nitrogens with two attached hydrogens (primary N) is 1. The van der Waals surface area contributed by atoms with Crippen molar-refractivity contribution in [1.29, 1.82) is 0 Å². The number of halogens is 3. The minimum atomic E-state index is -4.56. The Hall–Kier alpha value is -2.77. The quantitative estimate of drug-likeness (QED) is 0.785. The zero-order chi connectivity index (χ0) is 16.6. The molecule has 2 heterocycles. The van der Waals surface area contributed by atoms with Crippen LogP contribution in [-0.4, -0.2) is 19.9 Å². The summed E-state index contributed by atoms with van der Waals surface area (Å²) in [5, 5.41) is 0.729. The first-order valence-corrected chi connectivity index (χ1v) is 6.77. The SMILES string of the molecule is CC(c1cnc(C(F)(F)F)nc1)c1nc(N)c2ccccc2n1. The van der Waals surface area contributed by atoms with Gasteiger partial charge in [-0.1, -0.05) is 19.1 Å². The van der Waals surface area contributed by atoms with Gasteiger partial charge in [0.15, 0.2) is 0 Å². The van der Waals surface area contributed by atoms with Gasteiger partial charge in [0.2, 0.25) is 5.82 Å². The van der Waals surface area contributed by atoms with Gasteiger partial charge in [0, 0.05) is 23.7 Å². The summed E-state index contributed by atoms with van der Waals surface area (Å²) < 4.78 is 37.5. The van der Waals surface area contributed by atoms with Crippen molar-refractivity contribution in [2.45, 2.75) is 19.0 Å². The van der Waals surface area contributed by atoms with E-state index in [1.165, 1.54) is 0 Å². The number of hydrogen-bond donors (Lipinski definition) is 1. The summed E-state index contributed by atoms with van der Waals surface area (Å²) in [5.74, 6) is -0.827. The molecular formula is C15H12F3N5. The van der Waals surface area contributed by atoms with Gasteiger partial charge in [-0.15, -0.1) is 0 Å². The molecule has 0 amide bonds. The van der Waals surface area contributed by atoms with E-state index in [9.17, 15) is 13.2 Å². The van der Waals surface area contributed by atoms with Crippen LogP contribution in [0.2, 0.25) is 0 Å². The lowest BCUT2D eigenvalue weighted by atomic mass is 10.0. The van der Waals surface area contributed by atoms with E-state index in [4.69, 9.17) is 5.73 Å². The van der Waals surface area contributed by atoms with E-state index in [0.29, 0.717) is 22.7 Å². The van der Waals surface area contributed by atoms with Gasteiger partial charge in [0.1, 0.15) is 11.6 Å². The molecule has 0 fully saturated rings. The number of benzene rings is 1. The van der Waals surface area contributed by atoms with Crippen LogP contribution in [0.1, 0.15) is 30.1 Å². The second-order valence-corrected chi connectivity index (χ2v) is 5.04. The van der Waals surface area contributed by atoms with Crippen LogP contribution in [0.3, 0.4) is 0 Å². The lowest BCUT2D eigenvalue weighted by molar-refractivity contribution is -0.145. The predicted octanol–water partition coefficient (Wildman–Crippen LogP) is 3.17. The fourth-order valence-corrected chi connectivity index (χ4v) is 2.17. The van der Waals surface area contributed by atoms with E-state index in [-0.39, 0.29) is 5.92 Å². The largest absolute Gasteiger partial charge is 0.451 e. The first-order chi connectivity index (χ1) is 10.9. The average Bonchev–Trinajstić information content (AvgIpc) is 2.53. The molecule has 2 aromatic heterocycles. The van der Waals surface area contributed by atoms with E-state index < -0.39 is 12.0 Å². The molecular weight excluding hydrogens is 307 g/mol. The summed E-state index contributed by atoms with van der Waals surface area (Å²) in [6, 6.07) is 7.26. The molecule has 23 heavy (non-hydrogen) atoms. The standard InChI is InChI=1S/C15H12F3N5/c1-8(9-6-20-14(21-7-9)15(16,17)18)13-22-11-5-3-2-4-10(11)12(19)23-13/h2-8H,1H3,(H2,19,22,23). The molecule has 1 aromatic carbocycles. The molecule has 5 nitrogen and oxygen atoms in total. The van der Waals surface area contributed by atoms with Crippen molar-refractivity contribution < 1.29 is 13.2 Å². The van der Waals surface area contributed by atoms with Crippen LogP contribution >= 0.6 is 0 Å². The Morgan fingerprint density at radius 2 is 1.70 bits per heavy atom. The molecule has 2 N–H and O–H groups in total. The minimum Gasteiger partial charge on any atom is -0.383 e. The highest BCUT2D eigenvalue weighted by atomic mass is 19.4. The fraction of sp³-hybridized carbons (Fsp3) is 0.200. The number of aromatic nitrogens is 4. The molecule has 1 unspecified atom stereocenters. The highest BCUT2D eigenvalue weighted by molar-refractivity contribution is 5.87. The zero-order valence-corrected chi connectivity index (χ0v) is 12.0. The number of hydrogen-bond acceptors (Lipinski definition) is 5. The predicted molar refractivity (Wildman–Crippen MR) is 78.5 cm³/mol. The molecule has 0 aliphatic rings. The number of para-hydroxylation sites is 1. The van der Waals surface area contributed by atoms with Gasteiger partial charge in [-0.3, -0.25) is 0 Å². The van der Waals surface area contributed by atoms with Crippen LogP contribution in [0.25, 0.3) is 10.9 Å². The van der Waals surface area contributed by atoms with E-state index in [1.807, 2.05) is 12.1 Å². The maximum Gasteiger partial charge on any atom is 0.451 e. The van der Waals surface area contributed by atoms with Crippen LogP contribution in [0, 0.1) is 0 Å². The molecule has 0 bridgehead atoms. The van der Waals surface area contributed by atoms with Gasteiger partial charge in [0.05, 0.1) is 5.52 Å². The van der Waals surface area contributed by atoms with Crippen LogP contribution in [0.15, 0.2) is 36.7 Å². The Bertz CT molecular complexity index is 846. The van der Waals surface area contributed by atoms with Crippen molar-refractivity contribution >= 4 is 16.7 Å². The minimum absolute atomic E-state index is 0.324. The Labute approximate surface area is 129 Å². The molecule has 0 saturated heterocycles. The summed E-state index contributed by atoms with van der Waals surface area (Å²) in [5.41, 5.74) is 7.08. The molecule has 0 aliphatic carbocycles. The van der Waals surface area contributed by atoms with Crippen LogP contribution in [0.4, 0.5) is 19.0 Å². The van der Waals surface area contributed by atoms with Crippen molar-refractivity contribution in [3.63, 3.8) is 0 Å². The second-order valence-electron chi connectivity index (χ2n) is 5.04. The summed E-state index contributed by atoms with van der Waals surface area (Å²) >= 11 is 0. The summed E-state index contributed by atoms with van der Waals surface area (Å²) in [4.78, 5) is 15.4. The van der Waals surface area contributed by atoms with Gasteiger partial charge in [-0.05, 0) is 17.7 Å². The first kappa shape index (κ1) is 15.1. The van der Waals surface area contributed by atoms with Crippen molar-refractivity contribution in [3.05, 3.63) is 53.9 Å². The molecule has 0 aliphatic heterocycles. The average molecular weight is 319 g/mol. The van der Waals surface area contributed by atoms with Gasteiger partial charge >= 0.3 is 6.18 Å². The maximum atomic E-state index is 12.5. The van der Waals surface area contributed by atoms with Crippen molar-refractivity contribution in [2.24, 2.45) is 0 Å². The lowest BCUT2D eigenvalue weighted by Crippen LogP contribution is -2.12. The number of rotatable bonds is 2. The lowest BCUT2D eigenvalue weighted by Gasteiger charge is -2.12. The highest BCUT2D eigenvalue weighted by Crippen LogP contribution is 2.28. The number of nitrogens with zero attached hydrogens (tertiary/aromatic N) is 4. The van der Waals surface area contributed by atoms with Crippen LogP contribution in [-0.2, 0) is 6.18 Å². The van der Waals surface area contributed by atoms with E-state index in [1.54, 1.807) is 19.1 Å². The third-order valence-electron chi connectivity index (χ3n) is 3.46. The number of alkyl halides is 3. The number of nitrogen functional groups attached to an aromatic ring is 1. The normalized spacial score (nSPS) is 13.2. The molecule has 8 heteroatoms. The summed E-state index contributed by atoms with van der Waals surface area (Å²) in [6.07, 6.45) is -2.30. The first-order valence-electron chi connectivity index (χ1n) is 6.77. The molecule has 3 aromatic rings. The Morgan fingerprint density at radius 1 is 1.04 bits per heavy atom. The Morgan fingerprint density at radius 3 is 2.35 bits per heavy atom. The summed E-state index contributed by atoms with van der Waals surface area (Å²) in [7, 11) is 0. The third kappa shape index (κ3) is 2.92. The van der Waals surface area contributed by atoms with Gasteiger partial charge in [-0.25, -0.2) is 19.9 Å². The maximum absolute atomic E-state index is 12.5. The molecule has 0 radical (unpaired) electrons. The topological polar surface area (TPSA) is 77.6 Å². The highest BCUT2D eigenvalue weighted by Gasteiger charge is 2.34. The van der Waals surface area contributed by atoms with E-state index >= 15 is 0 Å². The van der Waals surface area contributed by atoms with Crippen LogP contribution < -0.4 is 5.73 Å². The van der Waals surface area contributed by atoms with Gasteiger partial charge < -0.3 is 5.73 Å².